The third kappa shape index (κ3) is 2.41. The highest BCUT2D eigenvalue weighted by molar-refractivity contribution is 7.15. The number of anilines is 1. The molecule has 4 nitrogen and oxygen atoms in total. The monoisotopic (exact) mass is 307 g/mol. The molecule has 1 aliphatic heterocycles. The van der Waals surface area contributed by atoms with E-state index in [1.807, 2.05) is 24.3 Å². The minimum atomic E-state index is 0.423. The number of halogens is 1. The van der Waals surface area contributed by atoms with Gasteiger partial charge in [0.2, 0.25) is 5.13 Å². The Morgan fingerprint density at radius 1 is 1.30 bits per heavy atom. The molecule has 1 aromatic heterocycles. The topological polar surface area (TPSA) is 38.2 Å². The van der Waals surface area contributed by atoms with Crippen molar-refractivity contribution < 1.29 is 4.74 Å². The maximum absolute atomic E-state index is 5.90. The molecule has 0 radical (unpaired) electrons. The minimum absolute atomic E-state index is 0.423. The summed E-state index contributed by atoms with van der Waals surface area (Å²) in [6.07, 6.45) is 2.37. The third-order valence-electron chi connectivity index (χ3n) is 3.73. The summed E-state index contributed by atoms with van der Waals surface area (Å²) in [5.74, 6) is 0. The standard InChI is InChI=1S/C14H14ClN3OS/c15-10-3-1-9(2-4-10)7-13-16-17-14(20-13)18-5-6-19-12-8-11(12)18/h1-4,11-12H,5-8H2. The van der Waals surface area contributed by atoms with Gasteiger partial charge >= 0.3 is 0 Å². The van der Waals surface area contributed by atoms with Crippen molar-refractivity contribution in [3.05, 3.63) is 39.9 Å². The van der Waals surface area contributed by atoms with Crippen LogP contribution in [-0.2, 0) is 11.2 Å². The molecule has 1 saturated heterocycles. The van der Waals surface area contributed by atoms with Gasteiger partial charge in [-0.3, -0.25) is 0 Å². The van der Waals surface area contributed by atoms with Gasteiger partial charge in [0.1, 0.15) is 5.01 Å². The molecule has 1 aliphatic carbocycles. The number of benzene rings is 1. The van der Waals surface area contributed by atoms with Crippen LogP contribution in [0.5, 0.6) is 0 Å². The molecule has 104 valence electrons. The van der Waals surface area contributed by atoms with E-state index in [0.717, 1.165) is 41.2 Å². The summed E-state index contributed by atoms with van der Waals surface area (Å²) in [4.78, 5) is 2.34. The fourth-order valence-electron chi connectivity index (χ4n) is 2.58. The zero-order valence-corrected chi connectivity index (χ0v) is 12.4. The van der Waals surface area contributed by atoms with E-state index in [2.05, 4.69) is 15.1 Å². The van der Waals surface area contributed by atoms with Gasteiger partial charge in [-0.1, -0.05) is 35.1 Å². The van der Waals surface area contributed by atoms with Crippen LogP contribution in [0.4, 0.5) is 5.13 Å². The molecule has 2 atom stereocenters. The van der Waals surface area contributed by atoms with Crippen LogP contribution >= 0.6 is 22.9 Å². The Kier molecular flexibility index (Phi) is 3.13. The Bertz CT molecular complexity index is 615. The molecule has 6 heteroatoms. The maximum Gasteiger partial charge on any atom is 0.208 e. The number of morpholine rings is 1. The van der Waals surface area contributed by atoms with Gasteiger partial charge in [-0.25, -0.2) is 0 Å². The van der Waals surface area contributed by atoms with Crippen LogP contribution in [0, 0.1) is 0 Å². The van der Waals surface area contributed by atoms with E-state index in [4.69, 9.17) is 16.3 Å². The molecule has 4 rings (SSSR count). The first-order valence-electron chi connectivity index (χ1n) is 6.75. The predicted molar refractivity (Wildman–Crippen MR) is 79.7 cm³/mol. The molecule has 0 spiro atoms. The lowest BCUT2D eigenvalue weighted by atomic mass is 10.2. The SMILES string of the molecule is Clc1ccc(Cc2nnc(N3CCOC4CC43)s2)cc1. The van der Waals surface area contributed by atoms with Crippen LogP contribution in [0.3, 0.4) is 0 Å². The van der Waals surface area contributed by atoms with Crippen LogP contribution in [0.2, 0.25) is 5.02 Å². The van der Waals surface area contributed by atoms with Gasteiger partial charge in [0.15, 0.2) is 0 Å². The molecular weight excluding hydrogens is 294 g/mol. The molecule has 2 aromatic rings. The Hall–Kier alpha value is -1.17. The van der Waals surface area contributed by atoms with Crippen molar-refractivity contribution in [2.24, 2.45) is 0 Å². The molecule has 0 bridgehead atoms. The average Bonchev–Trinajstić information content (AvgIpc) is 3.12. The summed E-state index contributed by atoms with van der Waals surface area (Å²) < 4.78 is 5.62. The first kappa shape index (κ1) is 12.6. The van der Waals surface area contributed by atoms with Gasteiger partial charge in [-0.15, -0.1) is 10.2 Å². The molecule has 2 fully saturated rings. The Labute approximate surface area is 126 Å². The van der Waals surface area contributed by atoms with E-state index < -0.39 is 0 Å². The van der Waals surface area contributed by atoms with E-state index >= 15 is 0 Å². The van der Waals surface area contributed by atoms with Crippen molar-refractivity contribution in [1.29, 1.82) is 0 Å². The van der Waals surface area contributed by atoms with E-state index in [1.54, 1.807) is 11.3 Å². The second-order valence-electron chi connectivity index (χ2n) is 5.19. The summed E-state index contributed by atoms with van der Waals surface area (Å²) in [5, 5.41) is 11.5. The summed E-state index contributed by atoms with van der Waals surface area (Å²) in [6, 6.07) is 8.43. The number of fused-ring (bicyclic) bond motifs is 1. The fourth-order valence-corrected chi connectivity index (χ4v) is 3.66. The van der Waals surface area contributed by atoms with Crippen molar-refractivity contribution in [1.82, 2.24) is 10.2 Å². The molecule has 2 aliphatic rings. The van der Waals surface area contributed by atoms with Crippen molar-refractivity contribution >= 4 is 28.1 Å². The van der Waals surface area contributed by atoms with Crippen LogP contribution in [0.15, 0.2) is 24.3 Å². The normalized spacial score (nSPS) is 24.6. The summed E-state index contributed by atoms with van der Waals surface area (Å²) >= 11 is 7.58. The number of ether oxygens (including phenoxy) is 1. The van der Waals surface area contributed by atoms with Crippen molar-refractivity contribution in [3.63, 3.8) is 0 Å². The zero-order chi connectivity index (χ0) is 13.5. The molecule has 2 heterocycles. The predicted octanol–water partition coefficient (Wildman–Crippen LogP) is 2.76. The van der Waals surface area contributed by atoms with Crippen LogP contribution < -0.4 is 4.90 Å². The molecule has 2 unspecified atom stereocenters. The smallest absolute Gasteiger partial charge is 0.208 e. The van der Waals surface area contributed by atoms with E-state index in [0.29, 0.717) is 12.1 Å². The van der Waals surface area contributed by atoms with Gasteiger partial charge in [0.25, 0.3) is 0 Å². The molecular formula is C14H14ClN3OS. The number of hydrogen-bond donors (Lipinski definition) is 0. The maximum atomic E-state index is 5.90. The largest absolute Gasteiger partial charge is 0.374 e. The molecule has 1 saturated carbocycles. The van der Waals surface area contributed by atoms with Crippen molar-refractivity contribution in [2.45, 2.75) is 25.0 Å². The second-order valence-corrected chi connectivity index (χ2v) is 6.66. The van der Waals surface area contributed by atoms with Gasteiger partial charge < -0.3 is 9.64 Å². The van der Waals surface area contributed by atoms with E-state index in [-0.39, 0.29) is 0 Å². The quantitative estimate of drug-likeness (QED) is 0.874. The van der Waals surface area contributed by atoms with Crippen molar-refractivity contribution in [3.8, 4) is 0 Å². The first-order valence-corrected chi connectivity index (χ1v) is 7.94. The summed E-state index contributed by atoms with van der Waals surface area (Å²) in [7, 11) is 0. The van der Waals surface area contributed by atoms with Gasteiger partial charge in [-0.05, 0) is 24.1 Å². The molecule has 20 heavy (non-hydrogen) atoms. The number of aromatic nitrogens is 2. The van der Waals surface area contributed by atoms with E-state index in [1.165, 1.54) is 5.56 Å². The second kappa shape index (κ2) is 4.98. The van der Waals surface area contributed by atoms with Crippen LogP contribution in [-0.4, -0.2) is 35.5 Å². The molecule has 0 N–H and O–H groups in total. The van der Waals surface area contributed by atoms with Gasteiger partial charge in [-0.2, -0.15) is 0 Å². The lowest BCUT2D eigenvalue weighted by molar-refractivity contribution is 0.103. The minimum Gasteiger partial charge on any atom is -0.374 e. The van der Waals surface area contributed by atoms with E-state index in [9.17, 15) is 0 Å². The average molecular weight is 308 g/mol. The lowest BCUT2D eigenvalue weighted by Crippen LogP contribution is -2.36. The highest BCUT2D eigenvalue weighted by atomic mass is 35.5. The first-order chi connectivity index (χ1) is 9.79. The summed E-state index contributed by atoms with van der Waals surface area (Å²) in [5.41, 5.74) is 1.21. The Balaban J connectivity index is 1.49. The summed E-state index contributed by atoms with van der Waals surface area (Å²) in [6.45, 7) is 1.73. The zero-order valence-electron chi connectivity index (χ0n) is 10.8. The number of rotatable bonds is 3. The Morgan fingerprint density at radius 3 is 3.00 bits per heavy atom. The Morgan fingerprint density at radius 2 is 2.15 bits per heavy atom. The van der Waals surface area contributed by atoms with Crippen LogP contribution in [0.1, 0.15) is 17.0 Å². The third-order valence-corrected chi connectivity index (χ3v) is 4.95. The number of hydrogen-bond acceptors (Lipinski definition) is 5. The van der Waals surface area contributed by atoms with Crippen LogP contribution in [0.25, 0.3) is 0 Å². The lowest BCUT2D eigenvalue weighted by Gasteiger charge is -2.25. The fraction of sp³-hybridized carbons (Fsp3) is 0.429. The van der Waals surface area contributed by atoms with Gasteiger partial charge in [0, 0.05) is 18.0 Å². The van der Waals surface area contributed by atoms with Gasteiger partial charge in [0.05, 0.1) is 18.8 Å². The highest BCUT2D eigenvalue weighted by Gasteiger charge is 2.46. The molecule has 0 amide bonds. The van der Waals surface area contributed by atoms with Crippen molar-refractivity contribution in [2.75, 3.05) is 18.1 Å². The number of nitrogens with zero attached hydrogens (tertiary/aromatic N) is 3. The molecule has 1 aromatic carbocycles. The highest BCUT2D eigenvalue weighted by Crippen LogP contribution is 2.38.